The Bertz CT molecular complexity index is 253. The Morgan fingerprint density at radius 3 is 1.94 bits per heavy atom. The molecule has 0 heterocycles. The molecule has 0 rings (SSSR count). The predicted octanol–water partition coefficient (Wildman–Crippen LogP) is 2.58. The smallest absolute Gasteiger partial charge is 0.226 e. The van der Waals surface area contributed by atoms with Gasteiger partial charge in [-0.25, -0.2) is 0 Å². The van der Waals surface area contributed by atoms with Crippen LogP contribution in [0.25, 0.3) is 0 Å². The summed E-state index contributed by atoms with van der Waals surface area (Å²) in [5, 5.41) is 12.1. The molecule has 0 aromatic rings. The minimum Gasteiger partial charge on any atom is -0.392 e. The monoisotopic (exact) mass is 243 g/mol. The van der Waals surface area contributed by atoms with Crippen LogP contribution in [-0.4, -0.2) is 23.7 Å². The maximum atomic E-state index is 12.3. The maximum absolute atomic E-state index is 12.3. The average Bonchev–Trinajstić information content (AvgIpc) is 2.10. The van der Waals surface area contributed by atoms with E-state index in [0.29, 0.717) is 6.54 Å². The summed E-state index contributed by atoms with van der Waals surface area (Å²) < 4.78 is 0. The van der Waals surface area contributed by atoms with Crippen LogP contribution in [0.3, 0.4) is 0 Å². The van der Waals surface area contributed by atoms with E-state index < -0.39 is 6.10 Å². The summed E-state index contributed by atoms with van der Waals surface area (Å²) in [6.07, 6.45) is 0.341. The molecule has 0 radical (unpaired) electrons. The Kier molecular flexibility index (Phi) is 5.66. The van der Waals surface area contributed by atoms with Crippen molar-refractivity contribution in [3.05, 3.63) is 0 Å². The van der Waals surface area contributed by atoms with E-state index in [-0.39, 0.29) is 22.7 Å². The number of hydrogen-bond donors (Lipinski definition) is 2. The van der Waals surface area contributed by atoms with Crippen LogP contribution >= 0.6 is 0 Å². The van der Waals surface area contributed by atoms with Crippen LogP contribution in [0.4, 0.5) is 0 Å². The zero-order chi connectivity index (χ0) is 13.9. The number of nitrogens with one attached hydrogen (secondary N) is 1. The Hall–Kier alpha value is -0.570. The van der Waals surface area contributed by atoms with Crippen LogP contribution in [0, 0.1) is 16.7 Å². The van der Waals surface area contributed by atoms with Gasteiger partial charge in [-0.05, 0) is 24.7 Å². The normalized spacial score (nSPS) is 17.7. The second kappa shape index (κ2) is 5.85. The molecule has 102 valence electrons. The molecule has 0 aliphatic carbocycles. The topological polar surface area (TPSA) is 49.3 Å². The second-order valence-corrected chi connectivity index (χ2v) is 6.87. The molecular weight excluding hydrogens is 214 g/mol. The Balaban J connectivity index is 4.77. The SMILES string of the molecule is CC(O)CNC(=O)C(C)(CC(C)(C)C)C(C)C. The number of carbonyl (C=O) groups is 1. The van der Waals surface area contributed by atoms with Gasteiger partial charge in [0.2, 0.25) is 5.91 Å². The summed E-state index contributed by atoms with van der Waals surface area (Å²) in [4.78, 5) is 12.3. The summed E-state index contributed by atoms with van der Waals surface area (Å²) in [6.45, 7) is 14.6. The van der Waals surface area contributed by atoms with Crippen molar-refractivity contribution in [2.45, 2.75) is 61.0 Å². The van der Waals surface area contributed by atoms with Gasteiger partial charge in [0.1, 0.15) is 0 Å². The molecule has 1 amide bonds. The maximum Gasteiger partial charge on any atom is 0.226 e. The zero-order valence-electron chi connectivity index (χ0n) is 12.4. The molecule has 0 aliphatic rings. The van der Waals surface area contributed by atoms with Crippen molar-refractivity contribution in [3.8, 4) is 0 Å². The lowest BCUT2D eigenvalue weighted by molar-refractivity contribution is -0.135. The molecule has 0 saturated carbocycles. The number of hydrogen-bond acceptors (Lipinski definition) is 2. The fourth-order valence-corrected chi connectivity index (χ4v) is 2.09. The predicted molar refractivity (Wildman–Crippen MR) is 71.7 cm³/mol. The first-order valence-corrected chi connectivity index (χ1v) is 6.45. The molecule has 0 spiro atoms. The molecule has 0 saturated heterocycles. The summed E-state index contributed by atoms with van der Waals surface area (Å²) in [5.74, 6) is 0.319. The molecule has 0 aliphatic heterocycles. The van der Waals surface area contributed by atoms with Crippen molar-refractivity contribution in [3.63, 3.8) is 0 Å². The van der Waals surface area contributed by atoms with Crippen molar-refractivity contribution in [2.24, 2.45) is 16.7 Å². The van der Waals surface area contributed by atoms with Crippen LogP contribution in [0.1, 0.15) is 54.9 Å². The van der Waals surface area contributed by atoms with E-state index in [9.17, 15) is 9.90 Å². The van der Waals surface area contributed by atoms with Crippen molar-refractivity contribution in [1.29, 1.82) is 0 Å². The largest absolute Gasteiger partial charge is 0.392 e. The molecule has 2 unspecified atom stereocenters. The highest BCUT2D eigenvalue weighted by atomic mass is 16.3. The Labute approximate surface area is 106 Å². The lowest BCUT2D eigenvalue weighted by Crippen LogP contribution is -2.46. The molecule has 0 fully saturated rings. The van der Waals surface area contributed by atoms with Crippen LogP contribution in [-0.2, 0) is 4.79 Å². The van der Waals surface area contributed by atoms with E-state index in [2.05, 4.69) is 39.9 Å². The van der Waals surface area contributed by atoms with Gasteiger partial charge in [-0.3, -0.25) is 4.79 Å². The highest BCUT2D eigenvalue weighted by Crippen LogP contribution is 2.39. The molecule has 2 N–H and O–H groups in total. The molecule has 0 aromatic carbocycles. The summed E-state index contributed by atoms with van der Waals surface area (Å²) >= 11 is 0. The second-order valence-electron chi connectivity index (χ2n) is 6.87. The molecule has 2 atom stereocenters. The van der Waals surface area contributed by atoms with E-state index in [1.165, 1.54) is 0 Å². The van der Waals surface area contributed by atoms with Gasteiger partial charge in [0.05, 0.1) is 6.10 Å². The van der Waals surface area contributed by atoms with Crippen LogP contribution in [0.15, 0.2) is 0 Å². The molecule has 0 aromatic heterocycles. The van der Waals surface area contributed by atoms with E-state index in [0.717, 1.165) is 6.42 Å². The summed E-state index contributed by atoms with van der Waals surface area (Å²) in [6, 6.07) is 0. The van der Waals surface area contributed by atoms with E-state index in [4.69, 9.17) is 0 Å². The number of carbonyl (C=O) groups excluding carboxylic acids is 1. The quantitative estimate of drug-likeness (QED) is 0.779. The van der Waals surface area contributed by atoms with Gasteiger partial charge in [-0.1, -0.05) is 41.5 Å². The van der Waals surface area contributed by atoms with Crippen LogP contribution < -0.4 is 5.32 Å². The number of aliphatic hydroxyl groups is 1. The van der Waals surface area contributed by atoms with Gasteiger partial charge in [-0.15, -0.1) is 0 Å². The molecule has 3 heteroatoms. The third-order valence-electron chi connectivity index (χ3n) is 3.25. The summed E-state index contributed by atoms with van der Waals surface area (Å²) in [7, 11) is 0. The lowest BCUT2D eigenvalue weighted by Gasteiger charge is -2.37. The molecule has 0 bridgehead atoms. The first-order valence-electron chi connectivity index (χ1n) is 6.45. The Morgan fingerprint density at radius 2 is 1.65 bits per heavy atom. The average molecular weight is 243 g/mol. The van der Waals surface area contributed by atoms with E-state index in [1.807, 2.05) is 6.92 Å². The lowest BCUT2D eigenvalue weighted by atomic mass is 9.68. The minimum atomic E-state index is -0.495. The standard InChI is InChI=1S/C14H29NO2/c1-10(2)14(7,9-13(4,5)6)12(17)15-8-11(3)16/h10-11,16H,8-9H2,1-7H3,(H,15,17). The number of aliphatic hydroxyl groups excluding tert-OH is 1. The highest BCUT2D eigenvalue weighted by Gasteiger charge is 2.39. The van der Waals surface area contributed by atoms with Gasteiger partial charge in [-0.2, -0.15) is 0 Å². The van der Waals surface area contributed by atoms with Crippen molar-refractivity contribution >= 4 is 5.91 Å². The molecule has 3 nitrogen and oxygen atoms in total. The number of amides is 1. The Morgan fingerprint density at radius 1 is 1.18 bits per heavy atom. The molecule has 17 heavy (non-hydrogen) atoms. The van der Waals surface area contributed by atoms with Crippen LogP contribution in [0.2, 0.25) is 0 Å². The highest BCUT2D eigenvalue weighted by molar-refractivity contribution is 5.82. The first kappa shape index (κ1) is 16.4. The first-order chi connectivity index (χ1) is 7.49. The third kappa shape index (κ3) is 5.53. The third-order valence-corrected chi connectivity index (χ3v) is 3.25. The van der Waals surface area contributed by atoms with Crippen molar-refractivity contribution < 1.29 is 9.90 Å². The fourth-order valence-electron chi connectivity index (χ4n) is 2.09. The molecular formula is C14H29NO2. The van der Waals surface area contributed by atoms with Crippen molar-refractivity contribution in [2.75, 3.05) is 6.54 Å². The van der Waals surface area contributed by atoms with Gasteiger partial charge in [0, 0.05) is 12.0 Å². The fraction of sp³-hybridized carbons (Fsp3) is 0.929. The summed E-state index contributed by atoms with van der Waals surface area (Å²) in [5.41, 5.74) is -0.270. The van der Waals surface area contributed by atoms with Gasteiger partial charge in [0.25, 0.3) is 0 Å². The minimum absolute atomic E-state index is 0.0447. The van der Waals surface area contributed by atoms with E-state index in [1.54, 1.807) is 6.92 Å². The van der Waals surface area contributed by atoms with Crippen molar-refractivity contribution in [1.82, 2.24) is 5.32 Å². The van der Waals surface area contributed by atoms with Gasteiger partial charge < -0.3 is 10.4 Å². The van der Waals surface area contributed by atoms with E-state index >= 15 is 0 Å². The van der Waals surface area contributed by atoms with Gasteiger partial charge >= 0.3 is 0 Å². The van der Waals surface area contributed by atoms with Crippen LogP contribution in [0.5, 0.6) is 0 Å². The number of rotatable bonds is 5. The van der Waals surface area contributed by atoms with Gasteiger partial charge in [0.15, 0.2) is 0 Å². The zero-order valence-corrected chi connectivity index (χ0v) is 12.4.